The smallest absolute Gasteiger partial charge is 0.167 e. The highest BCUT2D eigenvalue weighted by Gasteiger charge is 2.14. The zero-order valence-corrected chi connectivity index (χ0v) is 13.2. The van der Waals surface area contributed by atoms with E-state index in [0.717, 1.165) is 42.9 Å². The molecule has 0 radical (unpaired) electrons. The van der Waals surface area contributed by atoms with Gasteiger partial charge in [0.2, 0.25) is 0 Å². The van der Waals surface area contributed by atoms with Crippen molar-refractivity contribution in [3.05, 3.63) is 29.3 Å². The van der Waals surface area contributed by atoms with Gasteiger partial charge in [-0.2, -0.15) is 0 Å². The number of Topliss-reactive ketones (excluding diaryl/α,β-unsaturated/α-hetero) is 1. The molecule has 1 aromatic rings. The second kappa shape index (κ2) is 8.75. The number of nitrogens with zero attached hydrogens (tertiary/aromatic N) is 1. The Morgan fingerprint density at radius 3 is 2.50 bits per heavy atom. The lowest BCUT2D eigenvalue weighted by Crippen LogP contribution is -2.25. The van der Waals surface area contributed by atoms with E-state index in [2.05, 4.69) is 25.7 Å². The van der Waals surface area contributed by atoms with Crippen LogP contribution in [0.1, 0.15) is 49.5 Å². The molecule has 1 rings (SSSR count). The van der Waals surface area contributed by atoms with Gasteiger partial charge in [-0.05, 0) is 38.6 Å². The van der Waals surface area contributed by atoms with E-state index in [1.807, 2.05) is 25.1 Å². The summed E-state index contributed by atoms with van der Waals surface area (Å²) in [6.45, 7) is 11.7. The molecule has 0 fully saturated rings. The second-order valence-electron chi connectivity index (χ2n) is 5.05. The third-order valence-electron chi connectivity index (χ3n) is 3.45. The number of hydrogen-bond donors (Lipinski definition) is 0. The molecule has 3 nitrogen and oxygen atoms in total. The molecular formula is C17H27NO2. The van der Waals surface area contributed by atoms with Gasteiger partial charge in [-0.3, -0.25) is 4.79 Å². The second-order valence-corrected chi connectivity index (χ2v) is 5.05. The van der Waals surface area contributed by atoms with Crippen LogP contribution in [0.2, 0.25) is 0 Å². The van der Waals surface area contributed by atoms with Crippen molar-refractivity contribution in [2.75, 3.05) is 26.2 Å². The Labute approximate surface area is 122 Å². The van der Waals surface area contributed by atoms with Gasteiger partial charge < -0.3 is 9.64 Å². The number of ketones is 1. The summed E-state index contributed by atoms with van der Waals surface area (Å²) in [6.07, 6.45) is 1.49. The number of rotatable bonds is 9. The Hall–Kier alpha value is -1.35. The monoisotopic (exact) mass is 277 g/mol. The van der Waals surface area contributed by atoms with Crippen LogP contribution >= 0.6 is 0 Å². The minimum absolute atomic E-state index is 0.173. The molecule has 0 unspecified atom stereocenters. The van der Waals surface area contributed by atoms with E-state index in [-0.39, 0.29) is 5.78 Å². The molecule has 1 aromatic carbocycles. The first kappa shape index (κ1) is 16.7. The van der Waals surface area contributed by atoms with Gasteiger partial charge in [-0.1, -0.05) is 32.4 Å². The maximum Gasteiger partial charge on any atom is 0.167 e. The first-order valence-corrected chi connectivity index (χ1v) is 7.61. The molecular weight excluding hydrogens is 250 g/mol. The Balaban J connectivity index is 2.76. The van der Waals surface area contributed by atoms with Gasteiger partial charge in [0.15, 0.2) is 5.78 Å². The first-order chi connectivity index (χ1) is 9.62. The number of hydrogen-bond acceptors (Lipinski definition) is 3. The largest absolute Gasteiger partial charge is 0.493 e. The Morgan fingerprint density at radius 1 is 1.20 bits per heavy atom. The van der Waals surface area contributed by atoms with Crippen molar-refractivity contribution in [3.8, 4) is 5.75 Å². The van der Waals surface area contributed by atoms with Crippen molar-refractivity contribution in [3.63, 3.8) is 0 Å². The molecule has 0 bridgehead atoms. The fraction of sp³-hybridized carbons (Fsp3) is 0.588. The molecule has 0 spiro atoms. The van der Waals surface area contributed by atoms with Gasteiger partial charge in [0.1, 0.15) is 5.75 Å². The number of aryl methyl sites for hydroxylation is 1. The van der Waals surface area contributed by atoms with E-state index >= 15 is 0 Å². The van der Waals surface area contributed by atoms with Gasteiger partial charge in [0, 0.05) is 13.0 Å². The minimum atomic E-state index is 0.173. The topological polar surface area (TPSA) is 29.5 Å². The SMILES string of the molecule is CCCOc1ccc(C)cc1C(=O)CCN(CC)CC. The number of carbonyl (C=O) groups is 1. The summed E-state index contributed by atoms with van der Waals surface area (Å²) in [7, 11) is 0. The third-order valence-corrected chi connectivity index (χ3v) is 3.45. The zero-order chi connectivity index (χ0) is 15.0. The number of carbonyl (C=O) groups excluding carboxylic acids is 1. The van der Waals surface area contributed by atoms with Crippen molar-refractivity contribution in [2.45, 2.75) is 40.5 Å². The normalized spacial score (nSPS) is 10.8. The van der Waals surface area contributed by atoms with E-state index in [0.29, 0.717) is 13.0 Å². The molecule has 0 aliphatic rings. The molecule has 20 heavy (non-hydrogen) atoms. The maximum absolute atomic E-state index is 12.4. The first-order valence-electron chi connectivity index (χ1n) is 7.61. The van der Waals surface area contributed by atoms with E-state index in [4.69, 9.17) is 4.74 Å². The van der Waals surface area contributed by atoms with Crippen LogP contribution in [0.25, 0.3) is 0 Å². The zero-order valence-electron chi connectivity index (χ0n) is 13.2. The molecule has 0 N–H and O–H groups in total. The lowest BCUT2D eigenvalue weighted by atomic mass is 10.0. The Bertz CT molecular complexity index is 425. The van der Waals surface area contributed by atoms with Crippen LogP contribution in [0.15, 0.2) is 18.2 Å². The summed E-state index contributed by atoms with van der Waals surface area (Å²) in [5.41, 5.74) is 1.82. The van der Waals surface area contributed by atoms with Crippen molar-refractivity contribution in [1.29, 1.82) is 0 Å². The van der Waals surface area contributed by atoms with E-state index in [1.165, 1.54) is 0 Å². The summed E-state index contributed by atoms with van der Waals surface area (Å²) in [6, 6.07) is 5.84. The highest BCUT2D eigenvalue weighted by molar-refractivity contribution is 5.99. The van der Waals surface area contributed by atoms with Crippen molar-refractivity contribution < 1.29 is 9.53 Å². The number of ether oxygens (including phenoxy) is 1. The molecule has 0 saturated heterocycles. The molecule has 0 saturated carbocycles. The van der Waals surface area contributed by atoms with Gasteiger partial charge in [0.25, 0.3) is 0 Å². The molecule has 0 aliphatic carbocycles. The lowest BCUT2D eigenvalue weighted by molar-refractivity contribution is 0.0962. The minimum Gasteiger partial charge on any atom is -0.493 e. The molecule has 3 heteroatoms. The van der Waals surface area contributed by atoms with Crippen LogP contribution in [0, 0.1) is 6.92 Å². The highest BCUT2D eigenvalue weighted by Crippen LogP contribution is 2.22. The Kier molecular flexibility index (Phi) is 7.31. The van der Waals surface area contributed by atoms with Crippen molar-refractivity contribution in [2.24, 2.45) is 0 Å². The quantitative estimate of drug-likeness (QED) is 0.645. The maximum atomic E-state index is 12.4. The predicted molar refractivity (Wildman–Crippen MR) is 83.7 cm³/mol. The highest BCUT2D eigenvalue weighted by atomic mass is 16.5. The van der Waals surface area contributed by atoms with E-state index in [9.17, 15) is 4.79 Å². The van der Waals surface area contributed by atoms with Gasteiger partial charge in [-0.25, -0.2) is 0 Å². The summed E-state index contributed by atoms with van der Waals surface area (Å²) < 4.78 is 5.69. The predicted octanol–water partition coefficient (Wildman–Crippen LogP) is 3.70. The molecule has 0 aliphatic heterocycles. The summed E-state index contributed by atoms with van der Waals surface area (Å²) >= 11 is 0. The fourth-order valence-electron chi connectivity index (χ4n) is 2.13. The number of benzene rings is 1. The average molecular weight is 277 g/mol. The lowest BCUT2D eigenvalue weighted by Gasteiger charge is -2.18. The summed E-state index contributed by atoms with van der Waals surface area (Å²) in [4.78, 5) is 14.7. The van der Waals surface area contributed by atoms with Crippen LogP contribution in [-0.4, -0.2) is 36.9 Å². The van der Waals surface area contributed by atoms with Gasteiger partial charge in [-0.15, -0.1) is 0 Å². The summed E-state index contributed by atoms with van der Waals surface area (Å²) in [5.74, 6) is 0.897. The molecule has 112 valence electrons. The van der Waals surface area contributed by atoms with Crippen molar-refractivity contribution in [1.82, 2.24) is 4.90 Å². The molecule has 0 amide bonds. The third kappa shape index (κ3) is 4.97. The van der Waals surface area contributed by atoms with Crippen molar-refractivity contribution >= 4 is 5.78 Å². The van der Waals surface area contributed by atoms with Crippen LogP contribution < -0.4 is 4.74 Å². The Morgan fingerprint density at radius 2 is 1.90 bits per heavy atom. The van der Waals surface area contributed by atoms with Crippen LogP contribution in [0.5, 0.6) is 5.75 Å². The van der Waals surface area contributed by atoms with Gasteiger partial charge in [0.05, 0.1) is 12.2 Å². The standard InChI is InChI=1S/C17H27NO2/c1-5-12-20-17-9-8-14(4)13-15(17)16(19)10-11-18(6-2)7-3/h8-9,13H,5-7,10-12H2,1-4H3. The van der Waals surface area contributed by atoms with Crippen LogP contribution in [0.4, 0.5) is 0 Å². The average Bonchev–Trinajstić information content (AvgIpc) is 2.46. The van der Waals surface area contributed by atoms with Crippen LogP contribution in [-0.2, 0) is 0 Å². The molecule has 0 aromatic heterocycles. The molecule has 0 heterocycles. The van der Waals surface area contributed by atoms with Gasteiger partial charge >= 0.3 is 0 Å². The molecule has 0 atom stereocenters. The van der Waals surface area contributed by atoms with E-state index in [1.54, 1.807) is 0 Å². The summed E-state index contributed by atoms with van der Waals surface area (Å²) in [5, 5.41) is 0. The fourth-order valence-corrected chi connectivity index (χ4v) is 2.13. The van der Waals surface area contributed by atoms with E-state index < -0.39 is 0 Å². The van der Waals surface area contributed by atoms with Crippen LogP contribution in [0.3, 0.4) is 0 Å².